The van der Waals surface area contributed by atoms with E-state index in [0.29, 0.717) is 30.6 Å². The fourth-order valence-electron chi connectivity index (χ4n) is 2.84. The Morgan fingerprint density at radius 2 is 2.14 bits per heavy atom. The molecule has 0 aliphatic carbocycles. The molecule has 1 fully saturated rings. The summed E-state index contributed by atoms with van der Waals surface area (Å²) in [4.78, 5) is 11.8. The van der Waals surface area contributed by atoms with Crippen molar-refractivity contribution in [2.75, 3.05) is 18.4 Å². The van der Waals surface area contributed by atoms with E-state index in [0.717, 1.165) is 0 Å². The summed E-state index contributed by atoms with van der Waals surface area (Å²) in [5.74, 6) is -0.463. The Morgan fingerprint density at radius 3 is 2.86 bits per heavy atom. The number of nitrogens with one attached hydrogen (secondary N) is 1. The molecule has 2 N–H and O–H groups in total. The quantitative estimate of drug-likeness (QED) is 0.849. The SMILES string of the molecule is CC1C(=O)Nc2ccc(S(=O)(=O)N3CCCC(O)C3)cc21. The minimum Gasteiger partial charge on any atom is -0.392 e. The monoisotopic (exact) mass is 310 g/mol. The molecule has 2 aliphatic rings. The predicted octanol–water partition coefficient (Wildman–Crippen LogP) is 0.888. The Hall–Kier alpha value is -1.44. The standard InChI is InChI=1S/C14H18N2O4S/c1-9-12-7-11(4-5-13(12)15-14(9)18)21(19,20)16-6-2-3-10(17)8-16/h4-5,7,9-10,17H,2-3,6,8H2,1H3,(H,15,18). The van der Waals surface area contributed by atoms with Gasteiger partial charge in [-0.2, -0.15) is 4.31 Å². The van der Waals surface area contributed by atoms with Crippen LogP contribution in [-0.2, 0) is 14.8 Å². The van der Waals surface area contributed by atoms with Crippen LogP contribution >= 0.6 is 0 Å². The molecule has 0 bridgehead atoms. The van der Waals surface area contributed by atoms with E-state index in [1.165, 1.54) is 10.4 Å². The summed E-state index contributed by atoms with van der Waals surface area (Å²) < 4.78 is 26.6. The van der Waals surface area contributed by atoms with Crippen molar-refractivity contribution < 1.29 is 18.3 Å². The Labute approximate surface area is 123 Å². The zero-order valence-electron chi connectivity index (χ0n) is 11.7. The maximum Gasteiger partial charge on any atom is 0.243 e. The highest BCUT2D eigenvalue weighted by atomic mass is 32.2. The van der Waals surface area contributed by atoms with E-state index >= 15 is 0 Å². The second-order valence-electron chi connectivity index (χ2n) is 5.62. The number of anilines is 1. The maximum absolute atomic E-state index is 12.6. The lowest BCUT2D eigenvalue weighted by Gasteiger charge is -2.29. The van der Waals surface area contributed by atoms with Gasteiger partial charge in [0.15, 0.2) is 0 Å². The summed E-state index contributed by atoms with van der Waals surface area (Å²) in [5.41, 5.74) is 1.38. The Kier molecular flexibility index (Phi) is 3.51. The summed E-state index contributed by atoms with van der Waals surface area (Å²) in [6.07, 6.45) is 0.679. The first-order valence-electron chi connectivity index (χ1n) is 7.02. The third-order valence-corrected chi connectivity index (χ3v) is 6.00. The fourth-order valence-corrected chi connectivity index (χ4v) is 4.40. The number of carbonyl (C=O) groups is 1. The summed E-state index contributed by atoms with van der Waals surface area (Å²) in [7, 11) is -3.62. The smallest absolute Gasteiger partial charge is 0.243 e. The highest BCUT2D eigenvalue weighted by Gasteiger charge is 2.32. The van der Waals surface area contributed by atoms with Crippen molar-refractivity contribution in [3.05, 3.63) is 23.8 Å². The molecule has 7 heteroatoms. The normalized spacial score (nSPS) is 26.5. The van der Waals surface area contributed by atoms with E-state index in [-0.39, 0.29) is 23.3 Å². The lowest BCUT2D eigenvalue weighted by Crippen LogP contribution is -2.42. The van der Waals surface area contributed by atoms with Crippen molar-refractivity contribution in [3.8, 4) is 0 Å². The Bertz CT molecular complexity index is 686. The van der Waals surface area contributed by atoms with Crippen LogP contribution in [0.3, 0.4) is 0 Å². The van der Waals surface area contributed by atoms with Gasteiger partial charge in [-0.1, -0.05) is 0 Å². The molecule has 0 spiro atoms. The second-order valence-corrected chi connectivity index (χ2v) is 7.56. The summed E-state index contributed by atoms with van der Waals surface area (Å²) >= 11 is 0. The van der Waals surface area contributed by atoms with Gasteiger partial charge in [0.05, 0.1) is 16.9 Å². The van der Waals surface area contributed by atoms with Crippen LogP contribution in [0.5, 0.6) is 0 Å². The molecular weight excluding hydrogens is 292 g/mol. The van der Waals surface area contributed by atoms with Gasteiger partial charge in [0.2, 0.25) is 15.9 Å². The average molecular weight is 310 g/mol. The third-order valence-electron chi connectivity index (χ3n) is 4.14. The van der Waals surface area contributed by atoms with E-state index in [1.807, 2.05) is 0 Å². The zero-order valence-corrected chi connectivity index (χ0v) is 12.6. The number of hydrogen-bond donors (Lipinski definition) is 2. The Balaban J connectivity index is 1.95. The van der Waals surface area contributed by atoms with Gasteiger partial charge >= 0.3 is 0 Å². The van der Waals surface area contributed by atoms with Crippen LogP contribution in [0.4, 0.5) is 5.69 Å². The van der Waals surface area contributed by atoms with Gasteiger partial charge < -0.3 is 10.4 Å². The zero-order chi connectivity index (χ0) is 15.2. The minimum absolute atomic E-state index is 0.118. The van der Waals surface area contributed by atoms with Gasteiger partial charge in [-0.05, 0) is 43.5 Å². The number of β-amino-alcohol motifs (C(OH)–C–C–N with tert-alkyl or cyclic N) is 1. The van der Waals surface area contributed by atoms with Crippen LogP contribution in [0.1, 0.15) is 31.2 Å². The number of fused-ring (bicyclic) bond motifs is 1. The van der Waals surface area contributed by atoms with Crippen LogP contribution in [-0.4, -0.2) is 42.9 Å². The summed E-state index contributed by atoms with van der Waals surface area (Å²) in [6.45, 7) is 2.30. The molecule has 0 aromatic heterocycles. The van der Waals surface area contributed by atoms with Crippen molar-refractivity contribution in [2.24, 2.45) is 0 Å². The lowest BCUT2D eigenvalue weighted by atomic mass is 10.0. The topological polar surface area (TPSA) is 86.7 Å². The lowest BCUT2D eigenvalue weighted by molar-refractivity contribution is -0.116. The summed E-state index contributed by atoms with van der Waals surface area (Å²) in [5, 5.41) is 12.4. The molecule has 2 aliphatic heterocycles. The molecule has 2 atom stereocenters. The molecule has 1 aromatic carbocycles. The van der Waals surface area contributed by atoms with E-state index in [2.05, 4.69) is 5.32 Å². The first-order valence-corrected chi connectivity index (χ1v) is 8.46. The molecule has 1 saturated heterocycles. The molecule has 0 saturated carbocycles. The van der Waals surface area contributed by atoms with Gasteiger partial charge in [0.25, 0.3) is 0 Å². The first-order chi connectivity index (χ1) is 9.89. The highest BCUT2D eigenvalue weighted by Crippen LogP contribution is 2.34. The molecule has 2 unspecified atom stereocenters. The molecule has 2 heterocycles. The molecule has 0 radical (unpaired) electrons. The average Bonchev–Trinajstić information content (AvgIpc) is 2.74. The number of hydrogen-bond acceptors (Lipinski definition) is 4. The maximum atomic E-state index is 12.6. The van der Waals surface area contributed by atoms with Gasteiger partial charge in [-0.25, -0.2) is 8.42 Å². The minimum atomic E-state index is -3.62. The molecule has 6 nitrogen and oxygen atoms in total. The number of aliphatic hydroxyl groups excluding tert-OH is 1. The van der Waals surface area contributed by atoms with Gasteiger partial charge in [-0.3, -0.25) is 4.79 Å². The van der Waals surface area contributed by atoms with Gasteiger partial charge in [-0.15, -0.1) is 0 Å². The fraction of sp³-hybridized carbons (Fsp3) is 0.500. The molecular formula is C14H18N2O4S. The molecule has 114 valence electrons. The number of amides is 1. The number of piperidine rings is 1. The number of benzene rings is 1. The van der Waals surface area contributed by atoms with Crippen LogP contribution in [0, 0.1) is 0 Å². The van der Waals surface area contributed by atoms with Crippen LogP contribution < -0.4 is 5.32 Å². The van der Waals surface area contributed by atoms with Crippen molar-refractivity contribution in [3.63, 3.8) is 0 Å². The molecule has 21 heavy (non-hydrogen) atoms. The van der Waals surface area contributed by atoms with Crippen molar-refractivity contribution in [1.82, 2.24) is 4.31 Å². The van der Waals surface area contributed by atoms with Crippen molar-refractivity contribution >= 4 is 21.6 Å². The molecule has 1 amide bonds. The van der Waals surface area contributed by atoms with E-state index in [4.69, 9.17) is 0 Å². The number of nitrogens with zero attached hydrogens (tertiary/aromatic N) is 1. The first kappa shape index (κ1) is 14.5. The highest BCUT2D eigenvalue weighted by molar-refractivity contribution is 7.89. The summed E-state index contributed by atoms with van der Waals surface area (Å²) in [6, 6.07) is 4.70. The second kappa shape index (κ2) is 5.08. The van der Waals surface area contributed by atoms with E-state index < -0.39 is 16.1 Å². The van der Waals surface area contributed by atoms with Crippen LogP contribution in [0.2, 0.25) is 0 Å². The van der Waals surface area contributed by atoms with Crippen molar-refractivity contribution in [2.45, 2.75) is 36.7 Å². The predicted molar refractivity (Wildman–Crippen MR) is 77.5 cm³/mol. The van der Waals surface area contributed by atoms with Gasteiger partial charge in [0, 0.05) is 18.8 Å². The number of rotatable bonds is 2. The number of aliphatic hydroxyl groups is 1. The number of carbonyl (C=O) groups excluding carboxylic acids is 1. The Morgan fingerprint density at radius 1 is 1.38 bits per heavy atom. The largest absolute Gasteiger partial charge is 0.392 e. The van der Waals surface area contributed by atoms with E-state index in [1.54, 1.807) is 19.1 Å². The molecule has 3 rings (SSSR count). The van der Waals surface area contributed by atoms with Crippen LogP contribution in [0.25, 0.3) is 0 Å². The molecule has 1 aromatic rings. The third kappa shape index (κ3) is 2.45. The number of sulfonamides is 1. The van der Waals surface area contributed by atoms with Crippen LogP contribution in [0.15, 0.2) is 23.1 Å². The van der Waals surface area contributed by atoms with Crippen molar-refractivity contribution in [1.29, 1.82) is 0 Å². The van der Waals surface area contributed by atoms with Gasteiger partial charge in [0.1, 0.15) is 0 Å². The van der Waals surface area contributed by atoms with E-state index in [9.17, 15) is 18.3 Å².